The minimum atomic E-state index is -4.06. The lowest BCUT2D eigenvalue weighted by molar-refractivity contribution is 0.103. The number of pyridine rings is 1. The number of ketones is 1. The van der Waals surface area contributed by atoms with Gasteiger partial charge < -0.3 is 4.57 Å². The van der Waals surface area contributed by atoms with E-state index in [1.807, 2.05) is 6.07 Å². The molecule has 0 aliphatic heterocycles. The molecule has 0 bridgehead atoms. The average Bonchev–Trinajstić information content (AvgIpc) is 2.95. The number of halogens is 1. The number of carbonyl (C=O) groups excluding carboxylic acids is 1. The van der Waals surface area contributed by atoms with Crippen LogP contribution < -0.4 is 5.14 Å². The Morgan fingerprint density at radius 1 is 1.14 bits per heavy atom. The number of hydrogen-bond acceptors (Lipinski definition) is 4. The van der Waals surface area contributed by atoms with Gasteiger partial charge in [-0.05, 0) is 37.1 Å². The SMILES string of the molecule is Cc1cc(C(C)(c2cccnc2)S(N)(=O)=O)n(C)c1C(=O)c1ccccc1.Cl. The summed E-state index contributed by atoms with van der Waals surface area (Å²) in [4.78, 5) is 17.0. The number of carbonyl (C=O) groups is 1. The fraction of sp³-hybridized carbons (Fsp3) is 0.200. The van der Waals surface area contributed by atoms with Gasteiger partial charge >= 0.3 is 0 Å². The number of sulfonamides is 1. The first-order chi connectivity index (χ1) is 12.7. The highest BCUT2D eigenvalue weighted by Crippen LogP contribution is 2.37. The second kappa shape index (κ2) is 7.87. The quantitative estimate of drug-likeness (QED) is 0.643. The first-order valence-electron chi connectivity index (χ1n) is 8.37. The maximum Gasteiger partial charge on any atom is 0.224 e. The van der Waals surface area contributed by atoms with Gasteiger partial charge in [-0.1, -0.05) is 36.4 Å². The maximum atomic E-state index is 13.0. The number of hydrogen-bond donors (Lipinski definition) is 1. The number of nitrogens with two attached hydrogens (primary N) is 1. The van der Waals surface area contributed by atoms with Gasteiger partial charge in [0.2, 0.25) is 15.8 Å². The van der Waals surface area contributed by atoms with Gasteiger partial charge in [0.25, 0.3) is 0 Å². The molecule has 148 valence electrons. The Balaban J connectivity index is 0.00000280. The van der Waals surface area contributed by atoms with Crippen molar-refractivity contribution in [1.29, 1.82) is 0 Å². The Morgan fingerprint density at radius 3 is 2.32 bits per heavy atom. The summed E-state index contributed by atoms with van der Waals surface area (Å²) in [6.07, 6.45) is 3.04. The zero-order valence-electron chi connectivity index (χ0n) is 15.8. The molecule has 1 aromatic carbocycles. The van der Waals surface area contributed by atoms with Crippen LogP contribution in [-0.4, -0.2) is 23.8 Å². The van der Waals surface area contributed by atoms with Crippen LogP contribution in [-0.2, 0) is 21.8 Å². The van der Waals surface area contributed by atoms with E-state index in [1.54, 1.807) is 67.2 Å². The molecule has 28 heavy (non-hydrogen) atoms. The summed E-state index contributed by atoms with van der Waals surface area (Å²) in [5, 5.41) is 5.64. The summed E-state index contributed by atoms with van der Waals surface area (Å²) in [5.41, 5.74) is 2.49. The van der Waals surface area contributed by atoms with Crippen molar-refractivity contribution in [2.24, 2.45) is 12.2 Å². The highest BCUT2D eigenvalue weighted by Gasteiger charge is 2.44. The first kappa shape index (κ1) is 21.8. The summed E-state index contributed by atoms with van der Waals surface area (Å²) >= 11 is 0. The van der Waals surface area contributed by atoms with Crippen LogP contribution in [0.5, 0.6) is 0 Å². The summed E-state index contributed by atoms with van der Waals surface area (Å²) in [5.74, 6) is -0.176. The van der Waals surface area contributed by atoms with Crippen LogP contribution in [0.25, 0.3) is 0 Å². The second-order valence-corrected chi connectivity index (χ2v) is 8.54. The van der Waals surface area contributed by atoms with Crippen molar-refractivity contribution in [2.45, 2.75) is 18.6 Å². The van der Waals surface area contributed by atoms with E-state index < -0.39 is 14.8 Å². The Labute approximate surface area is 170 Å². The topological polar surface area (TPSA) is 95.0 Å². The number of benzene rings is 1. The van der Waals surface area contributed by atoms with Gasteiger partial charge in [0.1, 0.15) is 4.75 Å². The molecule has 2 heterocycles. The lowest BCUT2D eigenvalue weighted by Crippen LogP contribution is -2.41. The van der Waals surface area contributed by atoms with Crippen LogP contribution in [0.3, 0.4) is 0 Å². The van der Waals surface area contributed by atoms with Gasteiger partial charge in [0, 0.05) is 30.7 Å². The van der Waals surface area contributed by atoms with Gasteiger partial charge in [-0.3, -0.25) is 9.78 Å². The number of aromatic nitrogens is 2. The van der Waals surface area contributed by atoms with Gasteiger partial charge in [-0.25, -0.2) is 13.6 Å². The predicted octanol–water partition coefficient (Wildman–Crippen LogP) is 2.93. The van der Waals surface area contributed by atoms with E-state index in [0.717, 1.165) is 0 Å². The molecular weight excluding hydrogens is 398 g/mol. The molecule has 1 atom stereocenters. The fourth-order valence-corrected chi connectivity index (χ4v) is 4.31. The van der Waals surface area contributed by atoms with Crippen molar-refractivity contribution in [2.75, 3.05) is 0 Å². The fourth-order valence-electron chi connectivity index (χ4n) is 3.37. The van der Waals surface area contributed by atoms with E-state index in [4.69, 9.17) is 5.14 Å². The van der Waals surface area contributed by atoms with Crippen molar-refractivity contribution in [3.63, 3.8) is 0 Å². The summed E-state index contributed by atoms with van der Waals surface area (Å²) in [7, 11) is -2.38. The molecule has 0 radical (unpaired) electrons. The molecule has 2 N–H and O–H groups in total. The normalized spacial score (nSPS) is 13.4. The van der Waals surface area contributed by atoms with E-state index in [9.17, 15) is 13.2 Å². The van der Waals surface area contributed by atoms with Crippen molar-refractivity contribution in [3.8, 4) is 0 Å². The molecule has 0 saturated heterocycles. The van der Waals surface area contributed by atoms with Crippen LogP contribution in [0, 0.1) is 6.92 Å². The molecule has 1 unspecified atom stereocenters. The summed E-state index contributed by atoms with van der Waals surface area (Å²) in [6.45, 7) is 3.32. The molecular formula is C20H22ClN3O3S. The standard InChI is InChI=1S/C20H21N3O3S.ClH/c1-14-12-17(20(2,27(21,25)26)16-10-7-11-22-13-16)23(3)18(14)19(24)15-8-5-4-6-9-15;/h4-13H,1-3H3,(H2,21,25,26);1H. The summed E-state index contributed by atoms with van der Waals surface area (Å²) < 4.78 is 25.3. The van der Waals surface area contributed by atoms with Crippen molar-refractivity contribution in [1.82, 2.24) is 9.55 Å². The van der Waals surface area contributed by atoms with Crippen LogP contribution in [0.15, 0.2) is 60.9 Å². The zero-order valence-corrected chi connectivity index (χ0v) is 17.4. The van der Waals surface area contributed by atoms with E-state index in [0.29, 0.717) is 28.1 Å². The molecule has 0 amide bonds. The van der Waals surface area contributed by atoms with Crippen LogP contribution in [0.2, 0.25) is 0 Å². The molecule has 2 aromatic heterocycles. The third-order valence-electron chi connectivity index (χ3n) is 4.94. The highest BCUT2D eigenvalue weighted by atomic mass is 35.5. The zero-order chi connectivity index (χ0) is 19.8. The average molecular weight is 420 g/mol. The van der Waals surface area contributed by atoms with Crippen molar-refractivity contribution < 1.29 is 13.2 Å². The van der Waals surface area contributed by atoms with Crippen LogP contribution >= 0.6 is 12.4 Å². The number of nitrogens with zero attached hydrogens (tertiary/aromatic N) is 2. The van der Waals surface area contributed by atoms with Gasteiger partial charge in [-0.15, -0.1) is 12.4 Å². The Kier molecular flexibility index (Phi) is 6.13. The number of primary sulfonamides is 1. The van der Waals surface area contributed by atoms with Crippen molar-refractivity contribution >= 4 is 28.2 Å². The number of aryl methyl sites for hydroxylation is 1. The van der Waals surface area contributed by atoms with Crippen LogP contribution in [0.4, 0.5) is 0 Å². The molecule has 3 aromatic rings. The lowest BCUT2D eigenvalue weighted by Gasteiger charge is -2.28. The van der Waals surface area contributed by atoms with E-state index in [2.05, 4.69) is 4.98 Å². The Bertz CT molecular complexity index is 1100. The highest BCUT2D eigenvalue weighted by molar-refractivity contribution is 7.90. The van der Waals surface area contributed by atoms with E-state index in [1.165, 1.54) is 13.1 Å². The minimum Gasteiger partial charge on any atom is -0.343 e. The van der Waals surface area contributed by atoms with Crippen LogP contribution in [0.1, 0.15) is 39.8 Å². The molecule has 6 nitrogen and oxygen atoms in total. The predicted molar refractivity (Wildman–Crippen MR) is 111 cm³/mol. The maximum absolute atomic E-state index is 13.0. The van der Waals surface area contributed by atoms with E-state index >= 15 is 0 Å². The smallest absolute Gasteiger partial charge is 0.224 e. The second-order valence-electron chi connectivity index (χ2n) is 6.64. The monoisotopic (exact) mass is 419 g/mol. The molecule has 8 heteroatoms. The third-order valence-corrected chi connectivity index (χ3v) is 6.53. The summed E-state index contributed by atoms with van der Waals surface area (Å²) in [6, 6.07) is 13.9. The van der Waals surface area contributed by atoms with E-state index in [-0.39, 0.29) is 18.2 Å². The van der Waals surface area contributed by atoms with Gasteiger partial charge in [-0.2, -0.15) is 0 Å². The number of rotatable bonds is 5. The lowest BCUT2D eigenvalue weighted by atomic mass is 9.98. The molecule has 0 saturated carbocycles. The largest absolute Gasteiger partial charge is 0.343 e. The Morgan fingerprint density at radius 2 is 1.79 bits per heavy atom. The minimum absolute atomic E-state index is 0. The molecule has 0 aliphatic carbocycles. The molecule has 0 aliphatic rings. The Hall–Kier alpha value is -2.48. The molecule has 3 rings (SSSR count). The molecule has 0 fully saturated rings. The first-order valence-corrected chi connectivity index (χ1v) is 9.92. The van der Waals surface area contributed by atoms with Gasteiger partial charge in [0.15, 0.2) is 0 Å². The van der Waals surface area contributed by atoms with Gasteiger partial charge in [0.05, 0.1) is 5.69 Å². The van der Waals surface area contributed by atoms with Crippen molar-refractivity contribution in [3.05, 3.63) is 89.0 Å². The molecule has 0 spiro atoms. The third kappa shape index (κ3) is 3.48.